The summed E-state index contributed by atoms with van der Waals surface area (Å²) in [5.41, 5.74) is 0. The Morgan fingerprint density at radius 3 is 1.08 bits per heavy atom. The van der Waals surface area contributed by atoms with Crippen LogP contribution in [0.3, 0.4) is 0 Å². The predicted molar refractivity (Wildman–Crippen MR) is 265 cm³/mol. The number of hydrogen-bond donors (Lipinski definition) is 0. The molecule has 0 spiro atoms. The lowest BCUT2D eigenvalue weighted by molar-refractivity contribution is -0.167. The van der Waals surface area contributed by atoms with Crippen molar-refractivity contribution in [2.45, 2.75) is 252 Å². The number of hydrogen-bond acceptors (Lipinski definition) is 6. The molecule has 0 aliphatic carbocycles. The molecule has 0 N–H and O–H groups in total. The maximum atomic E-state index is 12.8. The van der Waals surface area contributed by atoms with E-state index < -0.39 is 6.10 Å². The summed E-state index contributed by atoms with van der Waals surface area (Å²) in [4.78, 5) is 37.9. The molecule has 0 fully saturated rings. The first kappa shape index (κ1) is 58.9. The quantitative estimate of drug-likeness (QED) is 0.0199. The van der Waals surface area contributed by atoms with Gasteiger partial charge in [-0.1, -0.05) is 216 Å². The Hall–Kier alpha value is -3.15. The molecule has 6 heteroatoms. The highest BCUT2D eigenvalue weighted by Crippen LogP contribution is 2.13. The van der Waals surface area contributed by atoms with Crippen molar-refractivity contribution < 1.29 is 28.6 Å². The molecule has 0 aromatic rings. The highest BCUT2D eigenvalue weighted by Gasteiger charge is 2.19. The zero-order chi connectivity index (χ0) is 45.1. The Bertz CT molecular complexity index is 1180. The van der Waals surface area contributed by atoms with Crippen molar-refractivity contribution in [1.29, 1.82) is 0 Å². The molecule has 0 aromatic heterocycles. The van der Waals surface area contributed by atoms with Crippen molar-refractivity contribution in [3.63, 3.8) is 0 Å². The molecule has 0 saturated carbocycles. The predicted octanol–water partition coefficient (Wildman–Crippen LogP) is 17.0. The number of unbranched alkanes of at least 4 members (excludes halogenated alkanes) is 24. The molecule has 0 aliphatic heterocycles. The molecule has 0 aliphatic rings. The molecule has 0 amide bonds. The lowest BCUT2D eigenvalue weighted by Gasteiger charge is -2.18. The summed E-state index contributed by atoms with van der Waals surface area (Å²) in [6.07, 6.45) is 63.2. The fraction of sp³-hybridized carbons (Fsp3) is 0.732. The van der Waals surface area contributed by atoms with Gasteiger partial charge in [0, 0.05) is 19.3 Å². The van der Waals surface area contributed by atoms with Crippen LogP contribution in [0.15, 0.2) is 72.9 Å². The van der Waals surface area contributed by atoms with Gasteiger partial charge in [-0.05, 0) is 83.5 Å². The summed E-state index contributed by atoms with van der Waals surface area (Å²) < 4.78 is 16.7. The summed E-state index contributed by atoms with van der Waals surface area (Å²) in [7, 11) is 0. The van der Waals surface area contributed by atoms with Crippen LogP contribution in [0, 0.1) is 0 Å². The molecule has 62 heavy (non-hydrogen) atoms. The lowest BCUT2D eigenvalue weighted by atomic mass is 10.1. The summed E-state index contributed by atoms with van der Waals surface area (Å²) in [5.74, 6) is -0.975. The van der Waals surface area contributed by atoms with Crippen LogP contribution in [-0.4, -0.2) is 37.2 Å². The number of carbonyl (C=O) groups is 3. The van der Waals surface area contributed by atoms with Crippen molar-refractivity contribution in [3.05, 3.63) is 72.9 Å². The van der Waals surface area contributed by atoms with Gasteiger partial charge in [0.2, 0.25) is 0 Å². The number of allylic oxidation sites excluding steroid dienone is 12. The number of rotatable bonds is 46. The van der Waals surface area contributed by atoms with Crippen LogP contribution in [-0.2, 0) is 28.6 Å². The first-order valence-electron chi connectivity index (χ1n) is 26.0. The van der Waals surface area contributed by atoms with Crippen molar-refractivity contribution >= 4 is 17.9 Å². The lowest BCUT2D eigenvalue weighted by Crippen LogP contribution is -2.30. The van der Waals surface area contributed by atoms with Crippen molar-refractivity contribution in [1.82, 2.24) is 0 Å². The molecule has 0 rings (SSSR count). The third-order valence-corrected chi connectivity index (χ3v) is 11.0. The van der Waals surface area contributed by atoms with Gasteiger partial charge in [-0.3, -0.25) is 14.4 Å². The van der Waals surface area contributed by atoms with E-state index in [2.05, 4.69) is 93.7 Å². The zero-order valence-corrected chi connectivity index (χ0v) is 40.6. The summed E-state index contributed by atoms with van der Waals surface area (Å²) in [6.45, 7) is 6.52. The van der Waals surface area contributed by atoms with Gasteiger partial charge in [0.1, 0.15) is 13.2 Å². The van der Waals surface area contributed by atoms with E-state index in [-0.39, 0.29) is 37.5 Å². The van der Waals surface area contributed by atoms with E-state index in [4.69, 9.17) is 14.2 Å². The van der Waals surface area contributed by atoms with Crippen molar-refractivity contribution in [3.8, 4) is 0 Å². The van der Waals surface area contributed by atoms with Gasteiger partial charge in [-0.25, -0.2) is 0 Å². The van der Waals surface area contributed by atoms with Crippen LogP contribution >= 0.6 is 0 Å². The van der Waals surface area contributed by atoms with E-state index in [1.165, 1.54) is 116 Å². The topological polar surface area (TPSA) is 78.9 Å². The van der Waals surface area contributed by atoms with Crippen molar-refractivity contribution in [2.75, 3.05) is 13.2 Å². The van der Waals surface area contributed by atoms with E-state index in [0.29, 0.717) is 19.3 Å². The number of ether oxygens (including phenoxy) is 3. The highest BCUT2D eigenvalue weighted by molar-refractivity contribution is 5.71. The van der Waals surface area contributed by atoms with Crippen LogP contribution in [0.4, 0.5) is 0 Å². The van der Waals surface area contributed by atoms with Gasteiger partial charge in [0.05, 0.1) is 0 Å². The first-order chi connectivity index (χ1) is 30.5. The molecule has 0 bridgehead atoms. The number of esters is 3. The molecular weight excluding hydrogens is 769 g/mol. The third kappa shape index (κ3) is 47.9. The zero-order valence-electron chi connectivity index (χ0n) is 40.6. The molecule has 1 unspecified atom stereocenters. The minimum Gasteiger partial charge on any atom is -0.462 e. The van der Waals surface area contributed by atoms with Crippen molar-refractivity contribution in [2.24, 2.45) is 0 Å². The monoisotopic (exact) mass is 865 g/mol. The van der Waals surface area contributed by atoms with Crippen LogP contribution < -0.4 is 0 Å². The van der Waals surface area contributed by atoms with Gasteiger partial charge < -0.3 is 14.2 Å². The first-order valence-corrected chi connectivity index (χ1v) is 26.0. The molecule has 0 saturated heterocycles. The molecule has 6 nitrogen and oxygen atoms in total. The molecule has 0 radical (unpaired) electrons. The Morgan fingerprint density at radius 1 is 0.339 bits per heavy atom. The minimum atomic E-state index is -0.807. The maximum Gasteiger partial charge on any atom is 0.306 e. The number of carbonyl (C=O) groups excluding carboxylic acids is 3. The van der Waals surface area contributed by atoms with E-state index in [1.54, 1.807) is 0 Å². The molecule has 0 heterocycles. The second-order valence-corrected chi connectivity index (χ2v) is 17.1. The standard InChI is InChI=1S/C56H96O6/c1-4-7-10-13-16-19-21-23-25-27-29-30-32-34-37-40-43-46-49-55(58)61-52-53(51-60-54(57)48-45-42-39-36-18-15-12-9-6-3)62-56(59)50-47-44-41-38-35-33-31-28-26-24-22-20-17-14-11-8-5-2/h17,20,24-27,29-31,33,38,41,53H,4-16,18-19,21-23,28,32,34-37,39-40,42-52H2,1-3H3/b20-17-,26-24-,27-25-,30-29-,33-31-,41-38-. The summed E-state index contributed by atoms with van der Waals surface area (Å²) in [5, 5.41) is 0. The van der Waals surface area contributed by atoms with E-state index in [9.17, 15) is 14.4 Å². The van der Waals surface area contributed by atoms with Gasteiger partial charge in [-0.2, -0.15) is 0 Å². The van der Waals surface area contributed by atoms with Crippen LogP contribution in [0.2, 0.25) is 0 Å². The molecule has 1 atom stereocenters. The highest BCUT2D eigenvalue weighted by atomic mass is 16.6. The Balaban J connectivity index is 4.44. The van der Waals surface area contributed by atoms with Crippen LogP contribution in [0.5, 0.6) is 0 Å². The molecule has 356 valence electrons. The minimum absolute atomic E-state index is 0.101. The van der Waals surface area contributed by atoms with E-state index in [0.717, 1.165) is 83.5 Å². The van der Waals surface area contributed by atoms with Gasteiger partial charge in [0.15, 0.2) is 6.10 Å². The SMILES string of the molecule is CCCCC/C=C\C/C=C\C/C=C\C/C=C\CCCC(=O)OC(COC(=O)CCCCCCC/C=C\C=C/CCCCCCCCC)COC(=O)CCCCCCCCCCC. The molecular formula is C56H96O6. The normalized spacial score (nSPS) is 12.6. The van der Waals surface area contributed by atoms with E-state index >= 15 is 0 Å². The van der Waals surface area contributed by atoms with Gasteiger partial charge in [0.25, 0.3) is 0 Å². The average molecular weight is 865 g/mol. The van der Waals surface area contributed by atoms with Crippen LogP contribution in [0.25, 0.3) is 0 Å². The third-order valence-electron chi connectivity index (χ3n) is 11.0. The fourth-order valence-electron chi connectivity index (χ4n) is 7.01. The van der Waals surface area contributed by atoms with Gasteiger partial charge in [-0.15, -0.1) is 0 Å². The smallest absolute Gasteiger partial charge is 0.306 e. The average Bonchev–Trinajstić information content (AvgIpc) is 3.27. The Morgan fingerprint density at radius 2 is 0.645 bits per heavy atom. The Kier molecular flexibility index (Phi) is 47.9. The fourth-order valence-corrected chi connectivity index (χ4v) is 7.01. The van der Waals surface area contributed by atoms with E-state index in [1.807, 2.05) is 0 Å². The maximum absolute atomic E-state index is 12.8. The Labute approximate surface area is 382 Å². The second-order valence-electron chi connectivity index (χ2n) is 17.1. The van der Waals surface area contributed by atoms with Gasteiger partial charge >= 0.3 is 17.9 Å². The summed E-state index contributed by atoms with van der Waals surface area (Å²) >= 11 is 0. The largest absolute Gasteiger partial charge is 0.462 e. The molecule has 0 aromatic carbocycles. The second kappa shape index (κ2) is 50.5. The van der Waals surface area contributed by atoms with Crippen LogP contribution in [0.1, 0.15) is 245 Å². The summed E-state index contributed by atoms with van der Waals surface area (Å²) in [6, 6.07) is 0.